The molecule has 0 saturated heterocycles. The van der Waals surface area contributed by atoms with E-state index in [4.69, 9.17) is 40.2 Å². The highest BCUT2D eigenvalue weighted by Gasteiger charge is 2.28. The van der Waals surface area contributed by atoms with Crippen LogP contribution in [0.3, 0.4) is 0 Å². The second-order valence-corrected chi connectivity index (χ2v) is 10.9. The fourth-order valence-electron chi connectivity index (χ4n) is 4.27. The first kappa shape index (κ1) is 25.0. The van der Waals surface area contributed by atoms with Crippen molar-refractivity contribution in [2.75, 3.05) is 17.7 Å². The van der Waals surface area contributed by atoms with Crippen LogP contribution in [0.2, 0.25) is 10.0 Å². The SMILES string of the molecule is COC(=O)c1c(NC(=S)Nc2c(C)nn(Cc3c(Cl)cccc3Cl)c2C)sc2c1CCC(C)C2. The van der Waals surface area contributed by atoms with Crippen LogP contribution in [0.1, 0.15) is 51.1 Å². The first-order valence-corrected chi connectivity index (χ1v) is 12.9. The van der Waals surface area contributed by atoms with Crippen molar-refractivity contribution in [3.05, 3.63) is 61.2 Å². The molecule has 0 amide bonds. The molecule has 1 atom stereocenters. The van der Waals surface area contributed by atoms with Crippen LogP contribution in [0.4, 0.5) is 10.7 Å². The van der Waals surface area contributed by atoms with Crippen molar-refractivity contribution in [3.63, 3.8) is 0 Å². The maximum Gasteiger partial charge on any atom is 0.341 e. The van der Waals surface area contributed by atoms with Gasteiger partial charge in [-0.3, -0.25) is 4.68 Å². The van der Waals surface area contributed by atoms with Gasteiger partial charge in [-0.05, 0) is 68.9 Å². The molecule has 180 valence electrons. The van der Waals surface area contributed by atoms with Crippen molar-refractivity contribution in [1.29, 1.82) is 0 Å². The average Bonchev–Trinajstić information content (AvgIpc) is 3.26. The Kier molecular flexibility index (Phi) is 7.52. The number of thiocarbonyl (C=S) groups is 1. The molecule has 1 aliphatic rings. The molecule has 2 heterocycles. The smallest absolute Gasteiger partial charge is 0.341 e. The molecule has 3 aromatic rings. The summed E-state index contributed by atoms with van der Waals surface area (Å²) in [5.41, 5.74) is 4.97. The van der Waals surface area contributed by atoms with Crippen LogP contribution in [-0.4, -0.2) is 28.0 Å². The van der Waals surface area contributed by atoms with E-state index in [0.29, 0.717) is 38.2 Å². The quantitative estimate of drug-likeness (QED) is 0.281. The lowest BCUT2D eigenvalue weighted by Gasteiger charge is -2.18. The molecule has 0 radical (unpaired) electrons. The van der Waals surface area contributed by atoms with Gasteiger partial charge in [0.15, 0.2) is 5.11 Å². The number of aromatic nitrogens is 2. The number of ether oxygens (including phenoxy) is 1. The van der Waals surface area contributed by atoms with E-state index in [9.17, 15) is 4.79 Å². The summed E-state index contributed by atoms with van der Waals surface area (Å²) in [5, 5.41) is 13.4. The third kappa shape index (κ3) is 4.96. The van der Waals surface area contributed by atoms with Crippen LogP contribution in [0.25, 0.3) is 0 Å². The molecule has 34 heavy (non-hydrogen) atoms. The summed E-state index contributed by atoms with van der Waals surface area (Å²) in [5.74, 6) is 0.256. The molecule has 6 nitrogen and oxygen atoms in total. The Balaban J connectivity index is 1.56. The summed E-state index contributed by atoms with van der Waals surface area (Å²) >= 11 is 19.9. The van der Waals surface area contributed by atoms with Crippen LogP contribution >= 0.6 is 46.8 Å². The minimum atomic E-state index is -0.339. The van der Waals surface area contributed by atoms with Gasteiger partial charge < -0.3 is 15.4 Å². The van der Waals surface area contributed by atoms with Gasteiger partial charge >= 0.3 is 5.97 Å². The normalized spacial score (nSPS) is 15.1. The molecule has 1 unspecified atom stereocenters. The van der Waals surface area contributed by atoms with Gasteiger partial charge in [0.25, 0.3) is 0 Å². The summed E-state index contributed by atoms with van der Waals surface area (Å²) in [7, 11) is 1.41. The van der Waals surface area contributed by atoms with E-state index >= 15 is 0 Å². The first-order chi connectivity index (χ1) is 16.2. The van der Waals surface area contributed by atoms with Crippen molar-refractivity contribution in [3.8, 4) is 0 Å². The van der Waals surface area contributed by atoms with E-state index in [-0.39, 0.29) is 5.97 Å². The number of nitrogens with one attached hydrogen (secondary N) is 2. The monoisotopic (exact) mass is 536 g/mol. The van der Waals surface area contributed by atoms with Gasteiger partial charge in [-0.15, -0.1) is 11.3 Å². The molecule has 0 fully saturated rings. The van der Waals surface area contributed by atoms with E-state index in [2.05, 4.69) is 22.7 Å². The molecular weight excluding hydrogens is 511 g/mol. The highest BCUT2D eigenvalue weighted by atomic mass is 35.5. The number of esters is 1. The second-order valence-electron chi connectivity index (χ2n) is 8.53. The summed E-state index contributed by atoms with van der Waals surface area (Å²) in [6.07, 6.45) is 2.89. The second kappa shape index (κ2) is 10.2. The number of anilines is 2. The molecule has 2 N–H and O–H groups in total. The Morgan fingerprint density at radius 2 is 2.00 bits per heavy atom. The number of halogens is 2. The van der Waals surface area contributed by atoms with Crippen molar-refractivity contribution in [1.82, 2.24) is 9.78 Å². The Hall–Kier alpha value is -2.13. The molecular formula is C24H26Cl2N4O2S2. The summed E-state index contributed by atoms with van der Waals surface area (Å²) < 4.78 is 6.92. The fourth-order valence-corrected chi connectivity index (χ4v) is 6.46. The molecule has 1 aliphatic carbocycles. The van der Waals surface area contributed by atoms with Gasteiger partial charge in [-0.1, -0.05) is 36.2 Å². The molecule has 1 aromatic carbocycles. The van der Waals surface area contributed by atoms with E-state index in [0.717, 1.165) is 47.5 Å². The molecule has 2 aromatic heterocycles. The predicted octanol–water partition coefficient (Wildman–Crippen LogP) is 6.64. The zero-order valence-electron chi connectivity index (χ0n) is 19.4. The Bertz CT molecular complexity index is 1250. The minimum absolute atomic E-state index is 0.339. The Morgan fingerprint density at radius 1 is 1.29 bits per heavy atom. The van der Waals surface area contributed by atoms with Crippen molar-refractivity contribution in [2.45, 2.75) is 46.6 Å². The van der Waals surface area contributed by atoms with Crippen LogP contribution in [0, 0.1) is 19.8 Å². The van der Waals surface area contributed by atoms with Gasteiger partial charge in [0.2, 0.25) is 0 Å². The summed E-state index contributed by atoms with van der Waals surface area (Å²) in [6, 6.07) is 5.44. The third-order valence-corrected chi connectivity index (χ3v) is 8.20. The topological polar surface area (TPSA) is 68.2 Å². The van der Waals surface area contributed by atoms with Gasteiger partial charge in [0.05, 0.1) is 36.3 Å². The van der Waals surface area contributed by atoms with E-state index < -0.39 is 0 Å². The van der Waals surface area contributed by atoms with Crippen LogP contribution in [0.15, 0.2) is 18.2 Å². The number of aryl methyl sites for hydroxylation is 1. The number of carbonyl (C=O) groups is 1. The Morgan fingerprint density at radius 3 is 2.68 bits per heavy atom. The number of nitrogens with zero attached hydrogens (tertiary/aromatic N) is 2. The van der Waals surface area contributed by atoms with E-state index in [1.807, 2.05) is 36.7 Å². The number of rotatable bonds is 5. The third-order valence-electron chi connectivity index (χ3n) is 6.12. The lowest BCUT2D eigenvalue weighted by Crippen LogP contribution is -2.21. The van der Waals surface area contributed by atoms with Gasteiger partial charge in [0.1, 0.15) is 5.00 Å². The number of hydrogen-bond donors (Lipinski definition) is 2. The average molecular weight is 538 g/mol. The van der Waals surface area contributed by atoms with Crippen molar-refractivity contribution in [2.24, 2.45) is 5.92 Å². The molecule has 0 spiro atoms. The number of benzene rings is 1. The standard InChI is InChI=1S/C24H26Cl2N4O2S2/c1-12-8-9-15-19(10-12)34-22(20(15)23(31)32-4)28-24(33)27-21-13(2)29-30(14(21)3)11-16-17(25)6-5-7-18(16)26/h5-7,12H,8-11H2,1-4H3,(H2,27,28,33). The summed E-state index contributed by atoms with van der Waals surface area (Å²) in [4.78, 5) is 13.8. The minimum Gasteiger partial charge on any atom is -0.465 e. The summed E-state index contributed by atoms with van der Waals surface area (Å²) in [6.45, 7) is 6.54. The first-order valence-electron chi connectivity index (χ1n) is 11.0. The van der Waals surface area contributed by atoms with Crippen molar-refractivity contribution < 1.29 is 9.53 Å². The van der Waals surface area contributed by atoms with Crippen LogP contribution < -0.4 is 10.6 Å². The zero-order valence-corrected chi connectivity index (χ0v) is 22.6. The number of hydrogen-bond acceptors (Lipinski definition) is 5. The lowest BCUT2D eigenvalue weighted by atomic mass is 9.88. The molecule has 0 aliphatic heterocycles. The largest absolute Gasteiger partial charge is 0.465 e. The number of carbonyl (C=O) groups excluding carboxylic acids is 1. The highest BCUT2D eigenvalue weighted by Crippen LogP contribution is 2.40. The molecule has 0 bridgehead atoms. The number of methoxy groups -OCH3 is 1. The van der Waals surface area contributed by atoms with Crippen LogP contribution in [-0.2, 0) is 24.1 Å². The van der Waals surface area contributed by atoms with E-state index in [1.165, 1.54) is 12.0 Å². The van der Waals surface area contributed by atoms with E-state index in [1.54, 1.807) is 11.3 Å². The molecule has 0 saturated carbocycles. The number of fused-ring (bicyclic) bond motifs is 1. The predicted molar refractivity (Wildman–Crippen MR) is 144 cm³/mol. The maximum atomic E-state index is 12.6. The van der Waals surface area contributed by atoms with Gasteiger partial charge in [-0.2, -0.15) is 5.10 Å². The van der Waals surface area contributed by atoms with Crippen LogP contribution in [0.5, 0.6) is 0 Å². The van der Waals surface area contributed by atoms with Crippen molar-refractivity contribution >= 4 is 68.5 Å². The maximum absolute atomic E-state index is 12.6. The number of thiophene rings is 1. The molecule has 10 heteroatoms. The highest BCUT2D eigenvalue weighted by molar-refractivity contribution is 7.80. The fraction of sp³-hybridized carbons (Fsp3) is 0.375. The Labute approximate surface area is 218 Å². The molecule has 4 rings (SSSR count). The van der Waals surface area contributed by atoms with Gasteiger partial charge in [-0.25, -0.2) is 4.79 Å². The zero-order chi connectivity index (χ0) is 24.6. The lowest BCUT2D eigenvalue weighted by molar-refractivity contribution is 0.0601. The van der Waals surface area contributed by atoms with Gasteiger partial charge in [0, 0.05) is 20.5 Å².